The molecule has 3 nitrogen and oxygen atoms in total. The van der Waals surface area contributed by atoms with Crippen molar-refractivity contribution in [3.05, 3.63) is 35.9 Å². The van der Waals surface area contributed by atoms with Gasteiger partial charge in [-0.15, -0.1) is 0 Å². The van der Waals surface area contributed by atoms with E-state index in [9.17, 15) is 0 Å². The molecule has 1 atom stereocenters. The minimum atomic E-state index is 0.223. The van der Waals surface area contributed by atoms with Gasteiger partial charge >= 0.3 is 0 Å². The molecule has 2 N–H and O–H groups in total. The lowest BCUT2D eigenvalue weighted by Crippen LogP contribution is -2.42. The van der Waals surface area contributed by atoms with Gasteiger partial charge in [0.1, 0.15) is 0 Å². The molecule has 0 spiro atoms. The van der Waals surface area contributed by atoms with E-state index in [1.807, 2.05) is 25.1 Å². The lowest BCUT2D eigenvalue weighted by atomic mass is 10.2. The molecule has 1 aromatic carbocycles. The molecule has 0 bridgehead atoms. The van der Waals surface area contributed by atoms with Crippen molar-refractivity contribution >= 4 is 17.3 Å². The minimum Gasteiger partial charge on any atom is -0.383 e. The van der Waals surface area contributed by atoms with Crippen molar-refractivity contribution in [1.29, 1.82) is 0 Å². The lowest BCUT2D eigenvalue weighted by molar-refractivity contribution is 0.179. The van der Waals surface area contributed by atoms with Gasteiger partial charge in [-0.2, -0.15) is 0 Å². The van der Waals surface area contributed by atoms with Gasteiger partial charge in [-0.3, -0.25) is 0 Å². The van der Waals surface area contributed by atoms with Crippen molar-refractivity contribution < 1.29 is 4.74 Å². The summed E-state index contributed by atoms with van der Waals surface area (Å²) >= 11 is 5.17. The summed E-state index contributed by atoms with van der Waals surface area (Å²) in [5.74, 6) is 0. The molecule has 0 aliphatic carbocycles. The van der Waals surface area contributed by atoms with Crippen LogP contribution in [-0.2, 0) is 11.3 Å². The zero-order valence-electron chi connectivity index (χ0n) is 9.69. The summed E-state index contributed by atoms with van der Waals surface area (Å²) in [6, 6.07) is 10.4. The maximum atomic E-state index is 5.17. The largest absolute Gasteiger partial charge is 0.383 e. The van der Waals surface area contributed by atoms with Crippen LogP contribution in [-0.4, -0.2) is 24.9 Å². The van der Waals surface area contributed by atoms with Gasteiger partial charge in [-0.05, 0) is 24.7 Å². The Kier molecular flexibility index (Phi) is 5.82. The number of hydrogen-bond donors (Lipinski definition) is 2. The van der Waals surface area contributed by atoms with E-state index < -0.39 is 0 Å². The van der Waals surface area contributed by atoms with Gasteiger partial charge in [-0.1, -0.05) is 30.3 Å². The molecule has 0 aliphatic heterocycles. The number of thiocarbonyl (C=S) groups is 1. The van der Waals surface area contributed by atoms with E-state index in [1.165, 1.54) is 5.56 Å². The Morgan fingerprint density at radius 1 is 1.38 bits per heavy atom. The summed E-state index contributed by atoms with van der Waals surface area (Å²) in [5.41, 5.74) is 1.21. The molecule has 0 radical (unpaired) electrons. The first-order valence-electron chi connectivity index (χ1n) is 5.29. The number of benzene rings is 1. The minimum absolute atomic E-state index is 0.223. The summed E-state index contributed by atoms with van der Waals surface area (Å²) in [5, 5.41) is 6.96. The topological polar surface area (TPSA) is 33.3 Å². The molecule has 0 aromatic heterocycles. The van der Waals surface area contributed by atoms with Gasteiger partial charge in [0.05, 0.1) is 6.61 Å². The van der Waals surface area contributed by atoms with Crippen LogP contribution in [0.5, 0.6) is 0 Å². The molecule has 1 rings (SSSR count). The molecular weight excluding hydrogens is 220 g/mol. The van der Waals surface area contributed by atoms with Gasteiger partial charge in [0.25, 0.3) is 0 Å². The molecule has 0 saturated heterocycles. The van der Waals surface area contributed by atoms with Crippen molar-refractivity contribution in [2.45, 2.75) is 19.5 Å². The predicted octanol–water partition coefficient (Wildman–Crippen LogP) is 1.69. The Balaban J connectivity index is 2.25. The molecule has 88 valence electrons. The van der Waals surface area contributed by atoms with E-state index in [1.54, 1.807) is 7.11 Å². The highest BCUT2D eigenvalue weighted by atomic mass is 32.1. The highest BCUT2D eigenvalue weighted by molar-refractivity contribution is 7.80. The monoisotopic (exact) mass is 238 g/mol. The van der Waals surface area contributed by atoms with Crippen LogP contribution in [0.2, 0.25) is 0 Å². The van der Waals surface area contributed by atoms with Gasteiger partial charge in [0.15, 0.2) is 5.11 Å². The standard InChI is InChI=1S/C12H18N2OS/c1-10(9-15-2)14-12(16)13-8-11-6-4-3-5-7-11/h3-7,10H,8-9H2,1-2H3,(H2,13,14,16). The number of ether oxygens (including phenoxy) is 1. The second-order valence-corrected chi connectivity index (χ2v) is 4.08. The average Bonchev–Trinajstić information content (AvgIpc) is 2.28. The third kappa shape index (κ3) is 5.09. The van der Waals surface area contributed by atoms with Crippen molar-refractivity contribution in [2.24, 2.45) is 0 Å². The fourth-order valence-corrected chi connectivity index (χ4v) is 1.62. The maximum absolute atomic E-state index is 5.17. The van der Waals surface area contributed by atoms with Gasteiger partial charge < -0.3 is 15.4 Å². The van der Waals surface area contributed by atoms with Crippen LogP contribution in [0.4, 0.5) is 0 Å². The van der Waals surface area contributed by atoms with Gasteiger partial charge in [0.2, 0.25) is 0 Å². The first-order valence-corrected chi connectivity index (χ1v) is 5.70. The quantitative estimate of drug-likeness (QED) is 0.765. The summed E-state index contributed by atoms with van der Waals surface area (Å²) in [6.45, 7) is 3.42. The number of hydrogen-bond acceptors (Lipinski definition) is 2. The van der Waals surface area contributed by atoms with Crippen LogP contribution in [0.1, 0.15) is 12.5 Å². The Morgan fingerprint density at radius 3 is 2.69 bits per heavy atom. The van der Waals surface area contributed by atoms with Crippen molar-refractivity contribution in [3.63, 3.8) is 0 Å². The van der Waals surface area contributed by atoms with Gasteiger partial charge in [-0.25, -0.2) is 0 Å². The fraction of sp³-hybridized carbons (Fsp3) is 0.417. The molecule has 1 unspecified atom stereocenters. The fourth-order valence-electron chi connectivity index (χ4n) is 1.34. The molecule has 0 fully saturated rings. The zero-order valence-corrected chi connectivity index (χ0v) is 10.5. The van der Waals surface area contributed by atoms with E-state index in [0.717, 1.165) is 6.54 Å². The Bertz CT molecular complexity index is 316. The second-order valence-electron chi connectivity index (χ2n) is 3.67. The third-order valence-corrected chi connectivity index (χ3v) is 2.35. The Morgan fingerprint density at radius 2 is 2.06 bits per heavy atom. The number of nitrogens with one attached hydrogen (secondary N) is 2. The van der Waals surface area contributed by atoms with E-state index in [-0.39, 0.29) is 6.04 Å². The molecule has 16 heavy (non-hydrogen) atoms. The van der Waals surface area contributed by atoms with Crippen LogP contribution in [0, 0.1) is 0 Å². The highest BCUT2D eigenvalue weighted by Gasteiger charge is 2.02. The summed E-state index contributed by atoms with van der Waals surface area (Å²) < 4.78 is 5.02. The van der Waals surface area contributed by atoms with Crippen molar-refractivity contribution in [1.82, 2.24) is 10.6 Å². The maximum Gasteiger partial charge on any atom is 0.166 e. The number of rotatable bonds is 5. The summed E-state index contributed by atoms with van der Waals surface area (Å²) in [7, 11) is 1.68. The SMILES string of the molecule is COCC(C)NC(=S)NCc1ccccc1. The molecule has 0 saturated carbocycles. The molecule has 0 amide bonds. The molecule has 0 heterocycles. The van der Waals surface area contributed by atoms with Crippen LogP contribution in [0.3, 0.4) is 0 Å². The van der Waals surface area contributed by atoms with E-state index >= 15 is 0 Å². The summed E-state index contributed by atoms with van der Waals surface area (Å²) in [6.07, 6.45) is 0. The normalized spacial score (nSPS) is 11.9. The lowest BCUT2D eigenvalue weighted by Gasteiger charge is -2.16. The van der Waals surface area contributed by atoms with Gasteiger partial charge in [0, 0.05) is 19.7 Å². The third-order valence-electron chi connectivity index (χ3n) is 2.09. The second kappa shape index (κ2) is 7.19. The first-order chi connectivity index (χ1) is 7.72. The molecule has 0 aliphatic rings. The smallest absolute Gasteiger partial charge is 0.166 e. The number of methoxy groups -OCH3 is 1. The van der Waals surface area contributed by atoms with Crippen LogP contribution in [0.15, 0.2) is 30.3 Å². The predicted molar refractivity (Wildman–Crippen MR) is 70.4 cm³/mol. The van der Waals surface area contributed by atoms with Crippen molar-refractivity contribution in [3.8, 4) is 0 Å². The Labute approximate surface area is 102 Å². The molecule has 4 heteroatoms. The van der Waals surface area contributed by atoms with E-state index in [4.69, 9.17) is 17.0 Å². The van der Waals surface area contributed by atoms with Crippen LogP contribution >= 0.6 is 12.2 Å². The summed E-state index contributed by atoms with van der Waals surface area (Å²) in [4.78, 5) is 0. The Hall–Kier alpha value is -1.13. The first kappa shape index (κ1) is 12.9. The van der Waals surface area contributed by atoms with E-state index in [0.29, 0.717) is 11.7 Å². The van der Waals surface area contributed by atoms with Crippen molar-refractivity contribution in [2.75, 3.05) is 13.7 Å². The average molecular weight is 238 g/mol. The molecule has 1 aromatic rings. The van der Waals surface area contributed by atoms with Crippen LogP contribution in [0.25, 0.3) is 0 Å². The molecular formula is C12H18N2OS. The van der Waals surface area contributed by atoms with Crippen LogP contribution < -0.4 is 10.6 Å². The van der Waals surface area contributed by atoms with E-state index in [2.05, 4.69) is 22.8 Å². The highest BCUT2D eigenvalue weighted by Crippen LogP contribution is 1.96. The zero-order chi connectivity index (χ0) is 11.8.